The second kappa shape index (κ2) is 8.60. The molecule has 1 heterocycles. The van der Waals surface area contributed by atoms with Crippen LogP contribution in [0.25, 0.3) is 10.2 Å². The van der Waals surface area contributed by atoms with Gasteiger partial charge in [-0.15, -0.1) is 0 Å². The number of hydrogen-bond donors (Lipinski definition) is 3. The number of fused-ring (bicyclic) bond motifs is 1. The molecule has 4 aromatic rings. The fourth-order valence-corrected chi connectivity index (χ4v) is 5.19. The Balaban J connectivity index is 1.48. The lowest BCUT2D eigenvalue weighted by atomic mass is 10.1. The summed E-state index contributed by atoms with van der Waals surface area (Å²) in [6.07, 6.45) is 0. The molecule has 0 atom stereocenters. The Hall–Kier alpha value is -3.43. The molecule has 1 aromatic heterocycles. The van der Waals surface area contributed by atoms with Crippen molar-refractivity contribution < 1.29 is 13.2 Å². The molecule has 3 aromatic carbocycles. The summed E-state index contributed by atoms with van der Waals surface area (Å²) < 4.78 is 28.5. The van der Waals surface area contributed by atoms with Crippen molar-refractivity contribution in [3.8, 4) is 0 Å². The molecule has 9 heteroatoms. The normalized spacial score (nSPS) is 11.3. The number of sulfonamides is 1. The van der Waals surface area contributed by atoms with Crippen molar-refractivity contribution in [3.63, 3.8) is 0 Å². The van der Waals surface area contributed by atoms with Gasteiger partial charge in [0.15, 0.2) is 5.13 Å². The number of benzene rings is 3. The molecule has 7 nitrogen and oxygen atoms in total. The summed E-state index contributed by atoms with van der Waals surface area (Å²) in [5.74, 6) is 0. The van der Waals surface area contributed by atoms with Crippen LogP contribution in [-0.2, 0) is 10.0 Å². The first-order valence-corrected chi connectivity index (χ1v) is 12.1. The van der Waals surface area contributed by atoms with Crippen LogP contribution in [0.2, 0.25) is 0 Å². The number of amides is 2. The maximum atomic E-state index is 12.6. The summed E-state index contributed by atoms with van der Waals surface area (Å²) >= 11 is 1.20. The average molecular weight is 467 g/mol. The van der Waals surface area contributed by atoms with E-state index in [-0.39, 0.29) is 16.1 Å². The highest BCUT2D eigenvalue weighted by molar-refractivity contribution is 7.93. The van der Waals surface area contributed by atoms with Crippen LogP contribution >= 0.6 is 11.3 Å². The van der Waals surface area contributed by atoms with Crippen molar-refractivity contribution in [1.29, 1.82) is 0 Å². The molecule has 0 aliphatic carbocycles. The van der Waals surface area contributed by atoms with Gasteiger partial charge >= 0.3 is 6.03 Å². The first-order chi connectivity index (χ1) is 15.2. The van der Waals surface area contributed by atoms with Crippen LogP contribution in [0.5, 0.6) is 0 Å². The van der Waals surface area contributed by atoms with Crippen molar-refractivity contribution in [2.45, 2.75) is 25.7 Å². The molecule has 3 N–H and O–H groups in total. The lowest BCUT2D eigenvalue weighted by Crippen LogP contribution is -2.19. The van der Waals surface area contributed by atoms with Gasteiger partial charge in [0.05, 0.1) is 15.1 Å². The number of aromatic nitrogens is 1. The van der Waals surface area contributed by atoms with E-state index in [1.807, 2.05) is 39.0 Å². The van der Waals surface area contributed by atoms with Crippen molar-refractivity contribution in [1.82, 2.24) is 4.98 Å². The van der Waals surface area contributed by atoms with Crippen LogP contribution in [-0.4, -0.2) is 19.4 Å². The maximum Gasteiger partial charge on any atom is 0.323 e. The maximum absolute atomic E-state index is 12.6. The molecule has 0 radical (unpaired) electrons. The largest absolute Gasteiger partial charge is 0.323 e. The monoisotopic (exact) mass is 466 g/mol. The smallest absolute Gasteiger partial charge is 0.308 e. The molecule has 2 amide bonds. The molecule has 0 saturated carbocycles. The van der Waals surface area contributed by atoms with E-state index in [2.05, 4.69) is 20.3 Å². The van der Waals surface area contributed by atoms with E-state index in [9.17, 15) is 13.2 Å². The van der Waals surface area contributed by atoms with E-state index >= 15 is 0 Å². The van der Waals surface area contributed by atoms with E-state index < -0.39 is 10.0 Å². The number of nitrogens with zero attached hydrogens (tertiary/aromatic N) is 1. The van der Waals surface area contributed by atoms with E-state index in [0.29, 0.717) is 16.9 Å². The van der Waals surface area contributed by atoms with Gasteiger partial charge in [0.25, 0.3) is 10.0 Å². The molecule has 4 rings (SSSR count). The summed E-state index contributed by atoms with van der Waals surface area (Å²) in [6, 6.07) is 17.2. The standard InChI is InChI=1S/C23H22N4O3S2/c1-14-4-9-19(10-5-14)32(29,30)27-23-26-20-11-8-18(13-21(20)31-23)25-22(28)24-17-7-6-15(2)16(3)12-17/h4-13H,1-3H3,(H,26,27)(H2,24,25,28). The highest BCUT2D eigenvalue weighted by atomic mass is 32.2. The molecular formula is C23H22N4O3S2. The molecular weight excluding hydrogens is 444 g/mol. The summed E-state index contributed by atoms with van der Waals surface area (Å²) in [4.78, 5) is 16.9. The molecule has 0 aliphatic heterocycles. The Morgan fingerprint density at radius 2 is 1.50 bits per heavy atom. The lowest BCUT2D eigenvalue weighted by Gasteiger charge is -2.09. The summed E-state index contributed by atoms with van der Waals surface area (Å²) in [6.45, 7) is 5.89. The minimum Gasteiger partial charge on any atom is -0.308 e. The van der Waals surface area contributed by atoms with Gasteiger partial charge in [-0.2, -0.15) is 0 Å². The third-order valence-corrected chi connectivity index (χ3v) is 7.38. The first kappa shape index (κ1) is 21.8. The molecule has 0 bridgehead atoms. The Morgan fingerprint density at radius 3 is 2.19 bits per heavy atom. The Bertz CT molecular complexity index is 1410. The number of anilines is 3. The van der Waals surface area contributed by atoms with E-state index in [4.69, 9.17) is 0 Å². The molecule has 0 fully saturated rings. The van der Waals surface area contributed by atoms with Crippen LogP contribution in [0, 0.1) is 20.8 Å². The Kier molecular flexibility index (Phi) is 5.86. The average Bonchev–Trinajstić information content (AvgIpc) is 3.11. The summed E-state index contributed by atoms with van der Waals surface area (Å²) in [7, 11) is -3.73. The van der Waals surface area contributed by atoms with Crippen molar-refractivity contribution >= 4 is 54.1 Å². The number of aryl methyl sites for hydroxylation is 3. The number of carbonyl (C=O) groups is 1. The van der Waals surface area contributed by atoms with E-state index in [1.165, 1.54) is 11.3 Å². The number of thiazole rings is 1. The van der Waals surface area contributed by atoms with Crippen LogP contribution in [0.1, 0.15) is 16.7 Å². The molecule has 0 unspecified atom stereocenters. The van der Waals surface area contributed by atoms with E-state index in [0.717, 1.165) is 21.4 Å². The third kappa shape index (κ3) is 4.90. The number of carbonyl (C=O) groups excluding carboxylic acids is 1. The second-order valence-electron chi connectivity index (χ2n) is 7.50. The third-order valence-electron chi connectivity index (χ3n) is 4.96. The van der Waals surface area contributed by atoms with Crippen molar-refractivity contribution in [2.75, 3.05) is 15.4 Å². The number of hydrogen-bond acceptors (Lipinski definition) is 5. The fourth-order valence-electron chi connectivity index (χ4n) is 3.05. The SMILES string of the molecule is Cc1ccc(S(=O)(=O)Nc2nc3ccc(NC(=O)Nc4ccc(C)c(C)c4)cc3s2)cc1. The van der Waals surface area contributed by atoms with E-state index in [1.54, 1.807) is 42.5 Å². The van der Waals surface area contributed by atoms with Crippen molar-refractivity contribution in [2.24, 2.45) is 0 Å². The topological polar surface area (TPSA) is 100 Å². The van der Waals surface area contributed by atoms with Gasteiger partial charge in [-0.05, 0) is 74.4 Å². The molecule has 0 saturated heterocycles. The first-order valence-electron chi connectivity index (χ1n) is 9.85. The number of nitrogens with one attached hydrogen (secondary N) is 3. The minimum atomic E-state index is -3.73. The lowest BCUT2D eigenvalue weighted by molar-refractivity contribution is 0.262. The van der Waals surface area contributed by atoms with Gasteiger partial charge in [-0.3, -0.25) is 4.72 Å². The van der Waals surface area contributed by atoms with Crippen molar-refractivity contribution in [3.05, 3.63) is 77.4 Å². The fraction of sp³-hybridized carbons (Fsp3) is 0.130. The van der Waals surface area contributed by atoms with Gasteiger partial charge < -0.3 is 10.6 Å². The summed E-state index contributed by atoms with van der Waals surface area (Å²) in [5, 5.41) is 5.87. The van der Waals surface area contributed by atoms with Crippen LogP contribution in [0.4, 0.5) is 21.3 Å². The quantitative estimate of drug-likeness (QED) is 0.353. The highest BCUT2D eigenvalue weighted by Gasteiger charge is 2.16. The zero-order valence-electron chi connectivity index (χ0n) is 17.8. The van der Waals surface area contributed by atoms with Gasteiger partial charge in [0.1, 0.15) is 0 Å². The Morgan fingerprint density at radius 1 is 0.844 bits per heavy atom. The number of urea groups is 1. The molecule has 32 heavy (non-hydrogen) atoms. The predicted octanol–water partition coefficient (Wildman–Crippen LogP) is 5.67. The number of rotatable bonds is 5. The van der Waals surface area contributed by atoms with Crippen LogP contribution < -0.4 is 15.4 Å². The van der Waals surface area contributed by atoms with Gasteiger partial charge in [0, 0.05) is 11.4 Å². The molecule has 164 valence electrons. The molecule has 0 aliphatic rings. The molecule has 0 spiro atoms. The van der Waals surface area contributed by atoms with Gasteiger partial charge in [-0.1, -0.05) is 35.1 Å². The predicted molar refractivity (Wildman–Crippen MR) is 130 cm³/mol. The van der Waals surface area contributed by atoms with Gasteiger partial charge in [0.2, 0.25) is 0 Å². The van der Waals surface area contributed by atoms with Crippen LogP contribution in [0.15, 0.2) is 65.6 Å². The second-order valence-corrected chi connectivity index (χ2v) is 10.2. The highest BCUT2D eigenvalue weighted by Crippen LogP contribution is 2.30. The summed E-state index contributed by atoms with van der Waals surface area (Å²) in [5.41, 5.74) is 5.14. The minimum absolute atomic E-state index is 0.174. The zero-order valence-corrected chi connectivity index (χ0v) is 19.4. The van der Waals surface area contributed by atoms with Crippen LogP contribution in [0.3, 0.4) is 0 Å². The zero-order chi connectivity index (χ0) is 22.9. The van der Waals surface area contributed by atoms with Gasteiger partial charge in [-0.25, -0.2) is 18.2 Å². The Labute approximate surface area is 190 Å².